The van der Waals surface area contributed by atoms with E-state index in [1.807, 2.05) is 24.3 Å². The zero-order valence-electron chi connectivity index (χ0n) is 15.7. The fraction of sp³-hybridized carbons (Fsp3) is 0.650. The van der Waals surface area contributed by atoms with Gasteiger partial charge in [-0.2, -0.15) is 0 Å². The zero-order chi connectivity index (χ0) is 18.1. The van der Waals surface area contributed by atoms with Gasteiger partial charge in [0.2, 0.25) is 0 Å². The number of nitrogens with one attached hydrogen (secondary N) is 1. The number of hydrogen-bond acceptors (Lipinski definition) is 4. The van der Waals surface area contributed by atoms with Crippen LogP contribution in [0.15, 0.2) is 24.3 Å². The number of hydrogen-bond donors (Lipinski definition) is 1. The summed E-state index contributed by atoms with van der Waals surface area (Å²) >= 11 is 0. The number of methoxy groups -OCH3 is 1. The Morgan fingerprint density at radius 1 is 1.24 bits per heavy atom. The van der Waals surface area contributed by atoms with Crippen molar-refractivity contribution >= 4 is 11.6 Å². The minimum Gasteiger partial charge on any atom is -0.491 e. The van der Waals surface area contributed by atoms with E-state index in [-0.39, 0.29) is 5.91 Å². The van der Waals surface area contributed by atoms with Crippen molar-refractivity contribution < 1.29 is 19.0 Å². The molecule has 0 saturated heterocycles. The summed E-state index contributed by atoms with van der Waals surface area (Å²) in [5.74, 6) is 1.24. The van der Waals surface area contributed by atoms with Crippen molar-refractivity contribution in [2.75, 3.05) is 32.2 Å². The second-order valence-corrected chi connectivity index (χ2v) is 6.86. The fourth-order valence-electron chi connectivity index (χ4n) is 3.33. The van der Waals surface area contributed by atoms with E-state index < -0.39 is 5.60 Å². The molecule has 1 aliphatic rings. The highest BCUT2D eigenvalue weighted by Gasteiger charge is 2.42. The second kappa shape index (κ2) is 9.78. The summed E-state index contributed by atoms with van der Waals surface area (Å²) in [6.07, 6.45) is 4.69. The molecule has 2 atom stereocenters. The third-order valence-electron chi connectivity index (χ3n) is 4.62. The SMILES string of the molecule is CCCO[C@]1(C(=O)Nc2ccc(OCCOC)cc2)CCC[C@H](C)C1. The number of carbonyl (C=O) groups is 1. The number of carbonyl (C=O) groups excluding carboxylic acids is 1. The van der Waals surface area contributed by atoms with Gasteiger partial charge >= 0.3 is 0 Å². The van der Waals surface area contributed by atoms with Crippen LogP contribution in [-0.2, 0) is 14.3 Å². The van der Waals surface area contributed by atoms with Crippen molar-refractivity contribution in [3.05, 3.63) is 24.3 Å². The number of ether oxygens (including phenoxy) is 3. The predicted octanol–water partition coefficient (Wildman–Crippen LogP) is 4.03. The highest BCUT2D eigenvalue weighted by Crippen LogP contribution is 2.36. The van der Waals surface area contributed by atoms with E-state index in [2.05, 4.69) is 19.2 Å². The molecule has 5 nitrogen and oxygen atoms in total. The molecule has 0 bridgehead atoms. The standard InChI is InChI=1S/C20H31NO4/c1-4-12-25-20(11-5-6-16(2)15-20)19(22)21-17-7-9-18(10-8-17)24-14-13-23-3/h7-10,16H,4-6,11-15H2,1-3H3,(H,21,22)/t16-,20+/m0/s1. The summed E-state index contributed by atoms with van der Waals surface area (Å²) in [6.45, 7) is 5.94. The van der Waals surface area contributed by atoms with Gasteiger partial charge in [-0.05, 0) is 55.9 Å². The molecule has 2 rings (SSSR count). The molecule has 25 heavy (non-hydrogen) atoms. The predicted molar refractivity (Wildman–Crippen MR) is 99.0 cm³/mol. The number of amides is 1. The lowest BCUT2D eigenvalue weighted by Gasteiger charge is -2.38. The van der Waals surface area contributed by atoms with Crippen molar-refractivity contribution in [1.82, 2.24) is 0 Å². The summed E-state index contributed by atoms with van der Waals surface area (Å²) < 4.78 is 16.6. The van der Waals surface area contributed by atoms with Gasteiger partial charge in [0.15, 0.2) is 0 Å². The van der Waals surface area contributed by atoms with Gasteiger partial charge in [0.05, 0.1) is 6.61 Å². The van der Waals surface area contributed by atoms with Crippen LogP contribution in [0.1, 0.15) is 46.0 Å². The van der Waals surface area contributed by atoms with Crippen molar-refractivity contribution in [3.8, 4) is 5.75 Å². The minimum absolute atomic E-state index is 0.0273. The highest BCUT2D eigenvalue weighted by molar-refractivity contribution is 5.97. The van der Waals surface area contributed by atoms with Gasteiger partial charge in [0.1, 0.15) is 18.0 Å². The van der Waals surface area contributed by atoms with E-state index in [1.54, 1.807) is 7.11 Å². The monoisotopic (exact) mass is 349 g/mol. The lowest BCUT2D eigenvalue weighted by Crippen LogP contribution is -2.48. The summed E-state index contributed by atoms with van der Waals surface area (Å²) in [5.41, 5.74) is 0.0724. The maximum atomic E-state index is 13.0. The van der Waals surface area contributed by atoms with E-state index in [0.29, 0.717) is 25.7 Å². The summed E-state index contributed by atoms with van der Waals surface area (Å²) in [4.78, 5) is 13.0. The van der Waals surface area contributed by atoms with Crippen molar-refractivity contribution in [2.45, 2.75) is 51.6 Å². The van der Waals surface area contributed by atoms with Gasteiger partial charge in [-0.15, -0.1) is 0 Å². The first-order valence-corrected chi connectivity index (χ1v) is 9.27. The van der Waals surface area contributed by atoms with Crippen LogP contribution < -0.4 is 10.1 Å². The summed E-state index contributed by atoms with van der Waals surface area (Å²) in [5, 5.41) is 3.03. The molecular formula is C20H31NO4. The Kier molecular flexibility index (Phi) is 7.72. The Labute approximate surface area is 151 Å². The number of anilines is 1. The number of benzene rings is 1. The molecule has 0 unspecified atom stereocenters. The molecule has 0 radical (unpaired) electrons. The maximum Gasteiger partial charge on any atom is 0.256 e. The Balaban J connectivity index is 1.99. The van der Waals surface area contributed by atoms with Crippen molar-refractivity contribution in [2.24, 2.45) is 5.92 Å². The van der Waals surface area contributed by atoms with Crippen LogP contribution >= 0.6 is 0 Å². The van der Waals surface area contributed by atoms with Crippen LogP contribution in [0, 0.1) is 5.92 Å². The minimum atomic E-state index is -0.693. The molecule has 0 heterocycles. The van der Waals surface area contributed by atoms with Gasteiger partial charge in [0.25, 0.3) is 5.91 Å². The van der Waals surface area contributed by atoms with E-state index in [9.17, 15) is 4.79 Å². The highest BCUT2D eigenvalue weighted by atomic mass is 16.5. The molecule has 1 fully saturated rings. The maximum absolute atomic E-state index is 13.0. The topological polar surface area (TPSA) is 56.8 Å². The molecule has 1 saturated carbocycles. The third kappa shape index (κ3) is 5.72. The van der Waals surface area contributed by atoms with Crippen LogP contribution in [0.3, 0.4) is 0 Å². The molecule has 1 aromatic rings. The van der Waals surface area contributed by atoms with Gasteiger partial charge in [-0.3, -0.25) is 4.79 Å². The summed E-state index contributed by atoms with van der Waals surface area (Å²) in [7, 11) is 1.64. The first-order valence-electron chi connectivity index (χ1n) is 9.27. The lowest BCUT2D eigenvalue weighted by atomic mass is 9.78. The molecule has 1 aliphatic carbocycles. The Hall–Kier alpha value is -1.59. The molecule has 5 heteroatoms. The largest absolute Gasteiger partial charge is 0.491 e. The molecule has 1 N–H and O–H groups in total. The molecule has 140 valence electrons. The third-order valence-corrected chi connectivity index (χ3v) is 4.62. The van der Waals surface area contributed by atoms with Crippen molar-refractivity contribution in [1.29, 1.82) is 0 Å². The molecular weight excluding hydrogens is 318 g/mol. The molecule has 1 aromatic carbocycles. The quantitative estimate of drug-likeness (QED) is 0.684. The first-order chi connectivity index (χ1) is 12.1. The van der Waals surface area contributed by atoms with Gasteiger partial charge < -0.3 is 19.5 Å². The average Bonchev–Trinajstić information content (AvgIpc) is 2.61. The van der Waals surface area contributed by atoms with Crippen LogP contribution in [0.5, 0.6) is 5.75 Å². The van der Waals surface area contributed by atoms with Crippen molar-refractivity contribution in [3.63, 3.8) is 0 Å². The van der Waals surface area contributed by atoms with Crippen LogP contribution in [0.25, 0.3) is 0 Å². The van der Waals surface area contributed by atoms with Crippen LogP contribution in [0.2, 0.25) is 0 Å². The second-order valence-electron chi connectivity index (χ2n) is 6.86. The van der Waals surface area contributed by atoms with E-state index in [0.717, 1.165) is 43.5 Å². The number of rotatable bonds is 9. The smallest absolute Gasteiger partial charge is 0.256 e. The van der Waals surface area contributed by atoms with Crippen LogP contribution in [0.4, 0.5) is 5.69 Å². The summed E-state index contributed by atoms with van der Waals surface area (Å²) in [6, 6.07) is 7.43. The van der Waals surface area contributed by atoms with E-state index >= 15 is 0 Å². The molecule has 0 aromatic heterocycles. The van der Waals surface area contributed by atoms with Gasteiger partial charge in [-0.25, -0.2) is 0 Å². The average molecular weight is 349 g/mol. The fourth-order valence-corrected chi connectivity index (χ4v) is 3.33. The van der Waals surface area contributed by atoms with Gasteiger partial charge in [-0.1, -0.05) is 20.3 Å². The normalized spacial score (nSPS) is 23.2. The van der Waals surface area contributed by atoms with Gasteiger partial charge in [0, 0.05) is 19.4 Å². The zero-order valence-corrected chi connectivity index (χ0v) is 15.7. The van der Waals surface area contributed by atoms with Crippen LogP contribution in [-0.4, -0.2) is 38.4 Å². The van der Waals surface area contributed by atoms with E-state index in [4.69, 9.17) is 14.2 Å². The first kappa shape index (κ1) is 19.7. The lowest BCUT2D eigenvalue weighted by molar-refractivity contribution is -0.148. The molecule has 1 amide bonds. The van der Waals surface area contributed by atoms with E-state index in [1.165, 1.54) is 0 Å². The molecule has 0 aliphatic heterocycles. The Morgan fingerprint density at radius 2 is 2.00 bits per heavy atom. The molecule has 0 spiro atoms. The Bertz CT molecular complexity index is 531. The Morgan fingerprint density at radius 3 is 2.64 bits per heavy atom.